The van der Waals surface area contributed by atoms with Crippen LogP contribution in [0.4, 0.5) is 10.2 Å². The molecule has 0 amide bonds. The van der Waals surface area contributed by atoms with Crippen LogP contribution in [0.25, 0.3) is 0 Å². The molecule has 0 unspecified atom stereocenters. The molecule has 1 N–H and O–H groups in total. The number of halogens is 4. The maximum absolute atomic E-state index is 13.1. The van der Waals surface area contributed by atoms with Gasteiger partial charge < -0.3 is 5.32 Å². The third kappa shape index (κ3) is 3.31. The molecular formula is C11H7BrCl2FN3. The molecule has 2 aromatic rings. The van der Waals surface area contributed by atoms with E-state index in [1.807, 2.05) is 0 Å². The zero-order chi connectivity index (χ0) is 13.1. The smallest absolute Gasteiger partial charge is 0.224 e. The second kappa shape index (κ2) is 5.82. The maximum Gasteiger partial charge on any atom is 0.224 e. The molecule has 1 heterocycles. The highest BCUT2D eigenvalue weighted by Crippen LogP contribution is 2.22. The zero-order valence-electron chi connectivity index (χ0n) is 8.92. The monoisotopic (exact) mass is 349 g/mol. The number of nitrogens with zero attached hydrogens (tertiary/aromatic N) is 2. The normalized spacial score (nSPS) is 10.4. The number of benzene rings is 1. The summed E-state index contributed by atoms with van der Waals surface area (Å²) >= 11 is 14.9. The first-order valence-electron chi connectivity index (χ1n) is 4.92. The molecule has 0 aliphatic heterocycles. The third-order valence-electron chi connectivity index (χ3n) is 2.17. The van der Waals surface area contributed by atoms with Crippen LogP contribution in [0.2, 0.25) is 10.3 Å². The van der Waals surface area contributed by atoms with Gasteiger partial charge in [-0.25, -0.2) is 9.37 Å². The zero-order valence-corrected chi connectivity index (χ0v) is 12.0. The molecule has 0 aliphatic carbocycles. The van der Waals surface area contributed by atoms with Gasteiger partial charge in [0.25, 0.3) is 0 Å². The molecule has 1 aromatic heterocycles. The minimum Gasteiger partial charge on any atom is -0.365 e. The molecule has 0 atom stereocenters. The summed E-state index contributed by atoms with van der Waals surface area (Å²) in [6, 6.07) is 4.44. The molecule has 2 rings (SSSR count). The van der Waals surface area contributed by atoms with Crippen LogP contribution in [-0.4, -0.2) is 9.97 Å². The molecule has 3 nitrogen and oxygen atoms in total. The van der Waals surface area contributed by atoms with Crippen LogP contribution in [0.15, 0.2) is 28.9 Å². The lowest BCUT2D eigenvalue weighted by atomic mass is 10.2. The van der Waals surface area contributed by atoms with Gasteiger partial charge in [0.15, 0.2) is 0 Å². The van der Waals surface area contributed by atoms with Crippen LogP contribution >= 0.6 is 39.1 Å². The first-order chi connectivity index (χ1) is 8.56. The van der Waals surface area contributed by atoms with Gasteiger partial charge in [0, 0.05) is 11.0 Å². The fourth-order valence-electron chi connectivity index (χ4n) is 1.33. The van der Waals surface area contributed by atoms with Crippen molar-refractivity contribution in [1.29, 1.82) is 0 Å². The number of hydrogen-bond acceptors (Lipinski definition) is 3. The third-order valence-corrected chi connectivity index (χ3v) is 3.40. The predicted molar refractivity (Wildman–Crippen MR) is 73.5 cm³/mol. The Morgan fingerprint density at radius 1 is 1.33 bits per heavy atom. The molecule has 18 heavy (non-hydrogen) atoms. The van der Waals surface area contributed by atoms with E-state index in [1.54, 1.807) is 6.07 Å². The van der Waals surface area contributed by atoms with Crippen molar-refractivity contribution in [2.45, 2.75) is 6.54 Å². The van der Waals surface area contributed by atoms with E-state index >= 15 is 0 Å². The van der Waals surface area contributed by atoms with E-state index in [0.717, 1.165) is 10.0 Å². The Morgan fingerprint density at radius 3 is 2.89 bits per heavy atom. The van der Waals surface area contributed by atoms with E-state index in [4.69, 9.17) is 23.2 Å². The second-order valence-corrected chi connectivity index (χ2v) is 5.02. The van der Waals surface area contributed by atoms with Crippen LogP contribution in [0.5, 0.6) is 0 Å². The molecular weight excluding hydrogens is 344 g/mol. The summed E-state index contributed by atoms with van der Waals surface area (Å²) in [5, 5.41) is 3.42. The number of hydrogen-bond donors (Lipinski definition) is 1. The minimum absolute atomic E-state index is 0.0974. The van der Waals surface area contributed by atoms with Gasteiger partial charge in [-0.2, -0.15) is 4.98 Å². The molecule has 0 saturated carbocycles. The van der Waals surface area contributed by atoms with Crippen molar-refractivity contribution in [3.05, 3.63) is 50.6 Å². The predicted octanol–water partition coefficient (Wildman–Crippen LogP) is 4.30. The molecule has 94 valence electrons. The molecule has 0 radical (unpaired) electrons. The number of aromatic nitrogens is 2. The van der Waals surface area contributed by atoms with Crippen molar-refractivity contribution in [3.63, 3.8) is 0 Å². The van der Waals surface area contributed by atoms with Gasteiger partial charge in [0.05, 0.1) is 6.20 Å². The van der Waals surface area contributed by atoms with Gasteiger partial charge in [-0.3, -0.25) is 0 Å². The van der Waals surface area contributed by atoms with Crippen LogP contribution in [0, 0.1) is 5.82 Å². The minimum atomic E-state index is -0.304. The average molecular weight is 351 g/mol. The van der Waals surface area contributed by atoms with Crippen molar-refractivity contribution < 1.29 is 4.39 Å². The maximum atomic E-state index is 13.1. The molecule has 0 spiro atoms. The van der Waals surface area contributed by atoms with Gasteiger partial charge >= 0.3 is 0 Å². The van der Waals surface area contributed by atoms with Gasteiger partial charge in [-0.15, -0.1) is 0 Å². The van der Waals surface area contributed by atoms with Crippen molar-refractivity contribution in [2.75, 3.05) is 5.32 Å². The first kappa shape index (κ1) is 13.5. The Hall–Kier alpha value is -0.910. The number of rotatable bonds is 3. The van der Waals surface area contributed by atoms with E-state index in [2.05, 4.69) is 31.2 Å². The summed E-state index contributed by atoms with van der Waals surface area (Å²) < 4.78 is 13.9. The summed E-state index contributed by atoms with van der Waals surface area (Å²) in [7, 11) is 0. The average Bonchev–Trinajstić information content (AvgIpc) is 2.34. The van der Waals surface area contributed by atoms with Crippen molar-refractivity contribution in [1.82, 2.24) is 9.97 Å². The van der Waals surface area contributed by atoms with Crippen LogP contribution < -0.4 is 5.32 Å². The van der Waals surface area contributed by atoms with E-state index < -0.39 is 0 Å². The van der Waals surface area contributed by atoms with Gasteiger partial charge in [0.1, 0.15) is 16.7 Å². The molecule has 7 heteroatoms. The number of anilines is 1. The SMILES string of the molecule is Fc1ccc(Br)c(CNc2nc(Cl)ncc2Cl)c1. The van der Waals surface area contributed by atoms with E-state index in [9.17, 15) is 4.39 Å². The summed E-state index contributed by atoms with van der Waals surface area (Å²) in [4.78, 5) is 7.68. The Labute approximate surface area is 121 Å². The van der Waals surface area contributed by atoms with Gasteiger partial charge in [0.2, 0.25) is 5.28 Å². The van der Waals surface area contributed by atoms with E-state index in [1.165, 1.54) is 18.3 Å². The fraction of sp³-hybridized carbons (Fsp3) is 0.0909. The lowest BCUT2D eigenvalue weighted by Gasteiger charge is -2.09. The standard InChI is InChI=1S/C11H7BrCl2FN3/c12-8-2-1-7(15)3-6(8)4-16-10-9(13)5-17-11(14)18-10/h1-3,5H,4H2,(H,16,17,18). The lowest BCUT2D eigenvalue weighted by Crippen LogP contribution is -2.03. The van der Waals surface area contributed by atoms with Crippen LogP contribution in [0.1, 0.15) is 5.56 Å². The fourth-order valence-corrected chi connectivity index (χ4v) is 2.01. The Morgan fingerprint density at radius 2 is 2.11 bits per heavy atom. The van der Waals surface area contributed by atoms with Gasteiger partial charge in [-0.05, 0) is 35.4 Å². The van der Waals surface area contributed by atoms with Crippen LogP contribution in [0.3, 0.4) is 0 Å². The summed E-state index contributed by atoms with van der Waals surface area (Å²) in [6.45, 7) is 0.366. The summed E-state index contributed by atoms with van der Waals surface area (Å²) in [6.07, 6.45) is 1.40. The topological polar surface area (TPSA) is 37.8 Å². The molecule has 1 aromatic carbocycles. The Bertz CT molecular complexity index is 529. The van der Waals surface area contributed by atoms with E-state index in [0.29, 0.717) is 17.4 Å². The van der Waals surface area contributed by atoms with Crippen molar-refractivity contribution in [3.8, 4) is 0 Å². The summed E-state index contributed by atoms with van der Waals surface area (Å²) in [5.74, 6) is 0.106. The van der Waals surface area contributed by atoms with Gasteiger partial charge in [-0.1, -0.05) is 27.5 Å². The molecule has 0 aliphatic rings. The molecule has 0 fully saturated rings. The second-order valence-electron chi connectivity index (χ2n) is 3.42. The first-order valence-corrected chi connectivity index (χ1v) is 6.47. The number of nitrogens with one attached hydrogen (secondary N) is 1. The van der Waals surface area contributed by atoms with E-state index in [-0.39, 0.29) is 11.1 Å². The van der Waals surface area contributed by atoms with Crippen LogP contribution in [-0.2, 0) is 6.54 Å². The lowest BCUT2D eigenvalue weighted by molar-refractivity contribution is 0.625. The Balaban J connectivity index is 2.16. The summed E-state index contributed by atoms with van der Waals surface area (Å²) in [5.41, 5.74) is 0.751. The Kier molecular flexibility index (Phi) is 4.37. The van der Waals surface area contributed by atoms with Crippen molar-refractivity contribution in [2.24, 2.45) is 0 Å². The largest absolute Gasteiger partial charge is 0.365 e. The molecule has 0 saturated heterocycles. The van der Waals surface area contributed by atoms with Crippen molar-refractivity contribution >= 4 is 44.9 Å². The highest BCUT2D eigenvalue weighted by molar-refractivity contribution is 9.10. The molecule has 0 bridgehead atoms. The highest BCUT2D eigenvalue weighted by Gasteiger charge is 2.06. The highest BCUT2D eigenvalue weighted by atomic mass is 79.9. The quantitative estimate of drug-likeness (QED) is 0.839.